The van der Waals surface area contributed by atoms with Gasteiger partial charge in [-0.1, -0.05) is 19.3 Å². The Hall–Kier alpha value is -0.650. The molecular weight excluding hydrogens is 244 g/mol. The first-order chi connectivity index (χ1) is 9.14. The Bertz CT molecular complexity index is 337. The van der Waals surface area contributed by atoms with E-state index < -0.39 is 11.3 Å². The van der Waals surface area contributed by atoms with E-state index in [4.69, 9.17) is 15.2 Å². The highest BCUT2D eigenvalue weighted by molar-refractivity contribution is 5.86. The summed E-state index contributed by atoms with van der Waals surface area (Å²) < 4.78 is 11.4. The molecule has 5 nitrogen and oxygen atoms in total. The Labute approximate surface area is 114 Å². The Morgan fingerprint density at radius 2 is 1.53 bits per heavy atom. The summed E-state index contributed by atoms with van der Waals surface area (Å²) in [6.07, 6.45) is 6.57. The molecule has 0 bridgehead atoms. The maximum Gasteiger partial charge on any atom is 0.242 e. The first-order valence-corrected chi connectivity index (χ1v) is 7.50. The number of likely N-dealkylation sites (tertiary alicyclic amines) is 1. The van der Waals surface area contributed by atoms with Crippen LogP contribution in [0.15, 0.2) is 0 Å². The first-order valence-electron chi connectivity index (χ1n) is 7.50. The van der Waals surface area contributed by atoms with Gasteiger partial charge in [0, 0.05) is 25.9 Å². The zero-order valence-corrected chi connectivity index (χ0v) is 11.5. The third kappa shape index (κ3) is 2.51. The average Bonchev–Trinajstić information content (AvgIpc) is 2.88. The van der Waals surface area contributed by atoms with Crippen LogP contribution in [0.4, 0.5) is 0 Å². The molecule has 2 saturated heterocycles. The number of ether oxygens (including phenoxy) is 2. The van der Waals surface area contributed by atoms with Crippen LogP contribution in [0.25, 0.3) is 0 Å². The summed E-state index contributed by atoms with van der Waals surface area (Å²) in [5, 5.41) is 0. The van der Waals surface area contributed by atoms with E-state index in [9.17, 15) is 4.79 Å². The molecule has 1 amide bonds. The van der Waals surface area contributed by atoms with E-state index in [0.717, 1.165) is 38.5 Å². The van der Waals surface area contributed by atoms with Crippen LogP contribution in [0.3, 0.4) is 0 Å². The van der Waals surface area contributed by atoms with Crippen molar-refractivity contribution in [1.82, 2.24) is 4.90 Å². The lowest BCUT2D eigenvalue weighted by molar-refractivity contribution is -0.189. The summed E-state index contributed by atoms with van der Waals surface area (Å²) in [6, 6.07) is 0. The van der Waals surface area contributed by atoms with Gasteiger partial charge < -0.3 is 20.1 Å². The van der Waals surface area contributed by atoms with Gasteiger partial charge in [-0.15, -0.1) is 0 Å². The van der Waals surface area contributed by atoms with Gasteiger partial charge in [-0.2, -0.15) is 0 Å². The Balaban J connectivity index is 1.60. The van der Waals surface area contributed by atoms with Crippen molar-refractivity contribution < 1.29 is 14.3 Å². The SMILES string of the molecule is NC1(C(=O)N2CCC3(CC2)OCCO3)CCCCC1. The molecule has 0 radical (unpaired) electrons. The lowest BCUT2D eigenvalue weighted by atomic mass is 9.81. The predicted molar refractivity (Wildman–Crippen MR) is 70.5 cm³/mol. The van der Waals surface area contributed by atoms with Crippen molar-refractivity contribution >= 4 is 5.91 Å². The number of carbonyl (C=O) groups is 1. The second-order valence-corrected chi connectivity index (χ2v) is 6.12. The van der Waals surface area contributed by atoms with E-state index in [0.29, 0.717) is 26.3 Å². The number of carbonyl (C=O) groups excluding carboxylic acids is 1. The Morgan fingerprint density at radius 1 is 0.947 bits per heavy atom. The van der Waals surface area contributed by atoms with Crippen LogP contribution in [0.1, 0.15) is 44.9 Å². The predicted octanol–water partition coefficient (Wildman–Crippen LogP) is 1.01. The van der Waals surface area contributed by atoms with Gasteiger partial charge in [0.1, 0.15) is 0 Å². The molecule has 5 heteroatoms. The van der Waals surface area contributed by atoms with Gasteiger partial charge >= 0.3 is 0 Å². The second-order valence-electron chi connectivity index (χ2n) is 6.12. The minimum atomic E-state index is -0.611. The summed E-state index contributed by atoms with van der Waals surface area (Å²) in [7, 11) is 0. The van der Waals surface area contributed by atoms with Crippen LogP contribution in [0.5, 0.6) is 0 Å². The van der Waals surface area contributed by atoms with Gasteiger partial charge in [0.05, 0.1) is 18.8 Å². The van der Waals surface area contributed by atoms with Gasteiger partial charge in [-0.3, -0.25) is 4.79 Å². The fourth-order valence-electron chi connectivity index (χ4n) is 3.55. The first kappa shape index (κ1) is 13.3. The smallest absolute Gasteiger partial charge is 0.242 e. The third-order valence-corrected chi connectivity index (χ3v) is 4.80. The van der Waals surface area contributed by atoms with E-state index in [1.807, 2.05) is 4.90 Å². The highest BCUT2D eigenvalue weighted by Crippen LogP contribution is 2.34. The Kier molecular flexibility index (Phi) is 3.53. The zero-order chi connectivity index (χ0) is 13.3. The number of piperidine rings is 1. The molecule has 108 valence electrons. The van der Waals surface area contributed by atoms with Crippen molar-refractivity contribution in [3.05, 3.63) is 0 Å². The van der Waals surface area contributed by atoms with Gasteiger partial charge in [0.15, 0.2) is 5.79 Å². The maximum absolute atomic E-state index is 12.6. The van der Waals surface area contributed by atoms with Gasteiger partial charge in [-0.25, -0.2) is 0 Å². The molecule has 19 heavy (non-hydrogen) atoms. The number of nitrogens with zero attached hydrogens (tertiary/aromatic N) is 1. The molecule has 2 heterocycles. The molecule has 2 aliphatic heterocycles. The van der Waals surface area contributed by atoms with E-state index >= 15 is 0 Å². The Morgan fingerprint density at radius 3 is 2.11 bits per heavy atom. The summed E-state index contributed by atoms with van der Waals surface area (Å²) in [4.78, 5) is 14.5. The molecule has 3 fully saturated rings. The fourth-order valence-corrected chi connectivity index (χ4v) is 3.55. The third-order valence-electron chi connectivity index (χ3n) is 4.80. The van der Waals surface area contributed by atoms with Crippen LogP contribution in [0, 0.1) is 0 Å². The number of rotatable bonds is 1. The molecule has 0 aromatic rings. The van der Waals surface area contributed by atoms with E-state index in [-0.39, 0.29) is 5.91 Å². The monoisotopic (exact) mass is 268 g/mol. The molecule has 2 N–H and O–H groups in total. The van der Waals surface area contributed by atoms with Gasteiger partial charge in [0.2, 0.25) is 5.91 Å². The van der Waals surface area contributed by atoms with E-state index in [1.54, 1.807) is 0 Å². The minimum Gasteiger partial charge on any atom is -0.347 e. The van der Waals surface area contributed by atoms with E-state index in [1.165, 1.54) is 6.42 Å². The van der Waals surface area contributed by atoms with Gasteiger partial charge in [-0.05, 0) is 12.8 Å². The van der Waals surface area contributed by atoms with Crippen molar-refractivity contribution in [3.63, 3.8) is 0 Å². The van der Waals surface area contributed by atoms with Gasteiger partial charge in [0.25, 0.3) is 0 Å². The molecule has 0 aromatic heterocycles. The molecule has 0 unspecified atom stereocenters. The van der Waals surface area contributed by atoms with Crippen molar-refractivity contribution in [3.8, 4) is 0 Å². The van der Waals surface area contributed by atoms with Crippen LogP contribution in [-0.4, -0.2) is 48.4 Å². The number of hydrogen-bond acceptors (Lipinski definition) is 4. The second kappa shape index (κ2) is 5.04. The molecular formula is C14H24N2O3. The normalized spacial score (nSPS) is 29.6. The number of nitrogens with two attached hydrogens (primary N) is 1. The molecule has 3 rings (SSSR count). The van der Waals surface area contributed by atoms with E-state index in [2.05, 4.69) is 0 Å². The highest BCUT2D eigenvalue weighted by atomic mass is 16.7. The molecule has 0 aromatic carbocycles. The number of amides is 1. The molecule has 3 aliphatic rings. The summed E-state index contributed by atoms with van der Waals surface area (Å²) >= 11 is 0. The summed E-state index contributed by atoms with van der Waals surface area (Å²) in [5.74, 6) is -0.273. The quantitative estimate of drug-likeness (QED) is 0.771. The molecule has 1 saturated carbocycles. The minimum absolute atomic E-state index is 0.139. The average molecular weight is 268 g/mol. The summed E-state index contributed by atoms with van der Waals surface area (Å²) in [5.41, 5.74) is 5.71. The van der Waals surface area contributed by atoms with Crippen LogP contribution in [-0.2, 0) is 14.3 Å². The van der Waals surface area contributed by atoms with Crippen molar-refractivity contribution in [2.24, 2.45) is 5.73 Å². The number of hydrogen-bond donors (Lipinski definition) is 1. The lowest BCUT2D eigenvalue weighted by Gasteiger charge is -2.42. The van der Waals surface area contributed by atoms with Crippen molar-refractivity contribution in [1.29, 1.82) is 0 Å². The standard InChI is InChI=1S/C14H24N2O3/c15-13(4-2-1-3-5-13)12(17)16-8-6-14(7-9-16)18-10-11-19-14/h1-11,15H2. The van der Waals surface area contributed by atoms with Crippen LogP contribution < -0.4 is 5.73 Å². The van der Waals surface area contributed by atoms with Crippen molar-refractivity contribution in [2.75, 3.05) is 26.3 Å². The lowest BCUT2D eigenvalue weighted by Crippen LogP contribution is -2.59. The highest BCUT2D eigenvalue weighted by Gasteiger charge is 2.44. The van der Waals surface area contributed by atoms with Crippen LogP contribution >= 0.6 is 0 Å². The topological polar surface area (TPSA) is 64.8 Å². The molecule has 0 atom stereocenters. The largest absolute Gasteiger partial charge is 0.347 e. The van der Waals surface area contributed by atoms with Crippen molar-refractivity contribution in [2.45, 2.75) is 56.3 Å². The van der Waals surface area contributed by atoms with Crippen LogP contribution in [0.2, 0.25) is 0 Å². The molecule has 1 spiro atoms. The molecule has 1 aliphatic carbocycles. The zero-order valence-electron chi connectivity index (χ0n) is 11.5. The summed E-state index contributed by atoms with van der Waals surface area (Å²) in [6.45, 7) is 2.76. The maximum atomic E-state index is 12.6. The fraction of sp³-hybridized carbons (Fsp3) is 0.929.